The lowest BCUT2D eigenvalue weighted by Gasteiger charge is -2.45. The van der Waals surface area contributed by atoms with Gasteiger partial charge in [0.15, 0.2) is 0 Å². The van der Waals surface area contributed by atoms with E-state index in [1.807, 2.05) is 13.8 Å². The molecular formula is C14H24N2O3. The SMILES string of the molecule is CCOCC(C)N1C(=O)C2(CCCC2)NC(=O)C1C. The molecule has 108 valence electrons. The maximum Gasteiger partial charge on any atom is 0.249 e. The number of carbonyl (C=O) groups is 2. The molecule has 2 amide bonds. The highest BCUT2D eigenvalue weighted by molar-refractivity contribution is 6.00. The van der Waals surface area contributed by atoms with Crippen LogP contribution in [0.15, 0.2) is 0 Å². The second-order valence-electron chi connectivity index (χ2n) is 5.68. The van der Waals surface area contributed by atoms with E-state index in [2.05, 4.69) is 5.32 Å². The third kappa shape index (κ3) is 2.48. The Labute approximate surface area is 114 Å². The van der Waals surface area contributed by atoms with Crippen LogP contribution in [-0.2, 0) is 14.3 Å². The minimum atomic E-state index is -0.635. The topological polar surface area (TPSA) is 58.6 Å². The molecule has 5 nitrogen and oxygen atoms in total. The molecule has 19 heavy (non-hydrogen) atoms. The van der Waals surface area contributed by atoms with Gasteiger partial charge < -0.3 is 15.0 Å². The van der Waals surface area contributed by atoms with Crippen LogP contribution in [0.25, 0.3) is 0 Å². The Balaban J connectivity index is 2.19. The number of piperazine rings is 1. The molecule has 5 heteroatoms. The molecule has 0 radical (unpaired) electrons. The normalized spacial score (nSPS) is 27.7. The maximum atomic E-state index is 12.8. The first-order chi connectivity index (χ1) is 9.02. The molecule has 2 atom stereocenters. The van der Waals surface area contributed by atoms with Crippen LogP contribution in [0.1, 0.15) is 46.5 Å². The summed E-state index contributed by atoms with van der Waals surface area (Å²) >= 11 is 0. The lowest BCUT2D eigenvalue weighted by atomic mass is 9.90. The van der Waals surface area contributed by atoms with Crippen LogP contribution >= 0.6 is 0 Å². The smallest absolute Gasteiger partial charge is 0.249 e. The molecule has 1 aliphatic heterocycles. The van der Waals surface area contributed by atoms with Crippen LogP contribution in [-0.4, -0.2) is 47.6 Å². The zero-order chi connectivity index (χ0) is 14.0. The first-order valence-corrected chi connectivity index (χ1v) is 7.24. The third-order valence-electron chi connectivity index (χ3n) is 4.30. The lowest BCUT2D eigenvalue weighted by Crippen LogP contribution is -2.70. The maximum absolute atomic E-state index is 12.8. The van der Waals surface area contributed by atoms with E-state index in [0.29, 0.717) is 13.2 Å². The van der Waals surface area contributed by atoms with Crippen molar-refractivity contribution >= 4 is 11.8 Å². The summed E-state index contributed by atoms with van der Waals surface area (Å²) in [5, 5.41) is 2.96. The summed E-state index contributed by atoms with van der Waals surface area (Å²) in [6.07, 6.45) is 3.55. The highest BCUT2D eigenvalue weighted by Crippen LogP contribution is 2.35. The van der Waals surface area contributed by atoms with Gasteiger partial charge in [-0.1, -0.05) is 12.8 Å². The minimum absolute atomic E-state index is 0.0372. The predicted octanol–water partition coefficient (Wildman–Crippen LogP) is 1.07. The molecule has 0 bridgehead atoms. The van der Waals surface area contributed by atoms with E-state index in [-0.39, 0.29) is 17.9 Å². The molecule has 0 aromatic rings. The van der Waals surface area contributed by atoms with Crippen LogP contribution in [0.5, 0.6) is 0 Å². The first kappa shape index (κ1) is 14.3. The Morgan fingerprint density at radius 3 is 2.63 bits per heavy atom. The van der Waals surface area contributed by atoms with Crippen molar-refractivity contribution in [3.63, 3.8) is 0 Å². The molecular weight excluding hydrogens is 244 g/mol. The Bertz CT molecular complexity index is 364. The fourth-order valence-electron chi connectivity index (χ4n) is 3.21. The van der Waals surface area contributed by atoms with E-state index in [1.54, 1.807) is 11.8 Å². The van der Waals surface area contributed by atoms with Crippen LogP contribution < -0.4 is 5.32 Å². The van der Waals surface area contributed by atoms with Gasteiger partial charge in [0.2, 0.25) is 11.8 Å². The monoisotopic (exact) mass is 268 g/mol. The average Bonchev–Trinajstić information content (AvgIpc) is 2.84. The quantitative estimate of drug-likeness (QED) is 0.829. The van der Waals surface area contributed by atoms with Gasteiger partial charge in [0, 0.05) is 6.61 Å². The van der Waals surface area contributed by atoms with Crippen molar-refractivity contribution in [1.29, 1.82) is 0 Å². The number of hydrogen-bond acceptors (Lipinski definition) is 3. The van der Waals surface area contributed by atoms with Crippen molar-refractivity contribution in [2.75, 3.05) is 13.2 Å². The summed E-state index contributed by atoms with van der Waals surface area (Å²) in [6, 6.07) is -0.472. The van der Waals surface area contributed by atoms with E-state index in [9.17, 15) is 9.59 Å². The van der Waals surface area contributed by atoms with Gasteiger partial charge in [-0.05, 0) is 33.6 Å². The average molecular weight is 268 g/mol. The zero-order valence-corrected chi connectivity index (χ0v) is 12.1. The fourth-order valence-corrected chi connectivity index (χ4v) is 3.21. The van der Waals surface area contributed by atoms with Crippen molar-refractivity contribution in [1.82, 2.24) is 10.2 Å². The van der Waals surface area contributed by atoms with Crippen LogP contribution in [0.3, 0.4) is 0 Å². The molecule has 1 saturated heterocycles. The molecule has 2 unspecified atom stereocenters. The highest BCUT2D eigenvalue weighted by atomic mass is 16.5. The molecule has 2 rings (SSSR count). The second-order valence-corrected chi connectivity index (χ2v) is 5.68. The Morgan fingerprint density at radius 1 is 1.42 bits per heavy atom. The summed E-state index contributed by atoms with van der Waals surface area (Å²) in [6.45, 7) is 6.77. The molecule has 1 aliphatic carbocycles. The van der Waals surface area contributed by atoms with Crippen molar-refractivity contribution < 1.29 is 14.3 Å². The third-order valence-corrected chi connectivity index (χ3v) is 4.30. The molecule has 1 heterocycles. The van der Waals surface area contributed by atoms with Gasteiger partial charge in [-0.2, -0.15) is 0 Å². The molecule has 1 spiro atoms. The van der Waals surface area contributed by atoms with Crippen molar-refractivity contribution in [3.05, 3.63) is 0 Å². The zero-order valence-electron chi connectivity index (χ0n) is 12.1. The molecule has 2 aliphatic rings. The molecule has 1 saturated carbocycles. The second kappa shape index (κ2) is 5.49. The van der Waals surface area contributed by atoms with E-state index in [4.69, 9.17) is 4.74 Å². The van der Waals surface area contributed by atoms with E-state index >= 15 is 0 Å². The van der Waals surface area contributed by atoms with Crippen molar-refractivity contribution in [3.8, 4) is 0 Å². The summed E-state index contributed by atoms with van der Waals surface area (Å²) in [5.74, 6) is 0.0363. The van der Waals surface area contributed by atoms with Crippen molar-refractivity contribution in [2.24, 2.45) is 0 Å². The Morgan fingerprint density at radius 2 is 2.05 bits per heavy atom. The molecule has 0 aromatic heterocycles. The van der Waals surface area contributed by atoms with E-state index < -0.39 is 11.6 Å². The summed E-state index contributed by atoms with van der Waals surface area (Å²) in [5.41, 5.74) is -0.635. The van der Waals surface area contributed by atoms with Crippen molar-refractivity contribution in [2.45, 2.75) is 64.1 Å². The number of nitrogens with zero attached hydrogens (tertiary/aromatic N) is 1. The summed E-state index contributed by atoms with van der Waals surface area (Å²) < 4.78 is 5.41. The van der Waals surface area contributed by atoms with Gasteiger partial charge >= 0.3 is 0 Å². The minimum Gasteiger partial charge on any atom is -0.380 e. The summed E-state index contributed by atoms with van der Waals surface area (Å²) in [4.78, 5) is 26.6. The molecule has 0 aromatic carbocycles. The largest absolute Gasteiger partial charge is 0.380 e. The van der Waals surface area contributed by atoms with Crippen LogP contribution in [0.2, 0.25) is 0 Å². The number of amides is 2. The number of carbonyl (C=O) groups excluding carboxylic acids is 2. The van der Waals surface area contributed by atoms with E-state index in [1.165, 1.54) is 0 Å². The molecule has 2 fully saturated rings. The summed E-state index contributed by atoms with van der Waals surface area (Å²) in [7, 11) is 0. The standard InChI is InChI=1S/C14H24N2O3/c1-4-19-9-10(2)16-11(3)12(17)15-14(13(16)18)7-5-6-8-14/h10-11H,4-9H2,1-3H3,(H,15,17). The predicted molar refractivity (Wildman–Crippen MR) is 71.6 cm³/mol. The fraction of sp³-hybridized carbons (Fsp3) is 0.857. The highest BCUT2D eigenvalue weighted by Gasteiger charge is 2.51. The number of rotatable bonds is 4. The number of ether oxygens (including phenoxy) is 1. The van der Waals surface area contributed by atoms with E-state index in [0.717, 1.165) is 25.7 Å². The van der Waals surface area contributed by atoms with Gasteiger partial charge in [-0.25, -0.2) is 0 Å². The first-order valence-electron chi connectivity index (χ1n) is 7.24. The molecule has 1 N–H and O–H groups in total. The van der Waals surface area contributed by atoms with Gasteiger partial charge in [-0.3, -0.25) is 9.59 Å². The number of nitrogens with one attached hydrogen (secondary N) is 1. The lowest BCUT2D eigenvalue weighted by molar-refractivity contribution is -0.158. The van der Waals surface area contributed by atoms with Crippen LogP contribution in [0.4, 0.5) is 0 Å². The Hall–Kier alpha value is -1.10. The Kier molecular flexibility index (Phi) is 4.13. The van der Waals surface area contributed by atoms with Gasteiger partial charge in [0.1, 0.15) is 11.6 Å². The van der Waals surface area contributed by atoms with Crippen LogP contribution in [0, 0.1) is 0 Å². The van der Waals surface area contributed by atoms with Gasteiger partial charge in [0.05, 0.1) is 12.6 Å². The number of hydrogen-bond donors (Lipinski definition) is 1. The van der Waals surface area contributed by atoms with Gasteiger partial charge in [0.25, 0.3) is 0 Å². The van der Waals surface area contributed by atoms with Gasteiger partial charge in [-0.15, -0.1) is 0 Å².